The minimum absolute atomic E-state index is 0.131. The summed E-state index contributed by atoms with van der Waals surface area (Å²) < 4.78 is 40.6. The van der Waals surface area contributed by atoms with Crippen LogP contribution < -0.4 is 10.6 Å². The van der Waals surface area contributed by atoms with E-state index in [4.69, 9.17) is 0 Å². The fraction of sp³-hybridized carbons (Fsp3) is 0.714. The van der Waals surface area contributed by atoms with E-state index in [0.717, 1.165) is 11.3 Å². The molecule has 1 unspecified atom stereocenters. The first kappa shape index (κ1) is 18.3. The standard InChI is InChI=1S/C14H23F3N4O/c1-9-10(8-19-21(9)5)7-18-12(22)20-11(14(15,16)17)6-13(2,3)4/h8,11H,6-7H2,1-5H3,(H2,18,20,22). The number of rotatable bonds is 4. The smallest absolute Gasteiger partial charge is 0.334 e. The van der Waals surface area contributed by atoms with Crippen LogP contribution >= 0.6 is 0 Å². The largest absolute Gasteiger partial charge is 0.408 e. The van der Waals surface area contributed by atoms with Crippen LogP contribution in [0.15, 0.2) is 6.20 Å². The molecule has 1 atom stereocenters. The fourth-order valence-electron chi connectivity index (χ4n) is 1.96. The topological polar surface area (TPSA) is 59.0 Å². The lowest BCUT2D eigenvalue weighted by Crippen LogP contribution is -2.50. The monoisotopic (exact) mass is 320 g/mol. The average molecular weight is 320 g/mol. The summed E-state index contributed by atoms with van der Waals surface area (Å²) in [4.78, 5) is 11.7. The van der Waals surface area contributed by atoms with Crippen LogP contribution in [0.1, 0.15) is 38.4 Å². The van der Waals surface area contributed by atoms with E-state index in [1.54, 1.807) is 38.7 Å². The second kappa shape index (κ2) is 6.58. The first-order valence-electron chi connectivity index (χ1n) is 6.99. The Hall–Kier alpha value is -1.73. The fourth-order valence-corrected chi connectivity index (χ4v) is 1.96. The summed E-state index contributed by atoms with van der Waals surface area (Å²) in [6.07, 6.45) is -3.09. The molecule has 0 saturated carbocycles. The lowest BCUT2D eigenvalue weighted by atomic mass is 9.88. The first-order valence-corrected chi connectivity index (χ1v) is 6.99. The number of carbonyl (C=O) groups is 1. The van der Waals surface area contributed by atoms with Gasteiger partial charge in [-0.1, -0.05) is 20.8 Å². The molecule has 0 aliphatic heterocycles. The van der Waals surface area contributed by atoms with E-state index in [0.29, 0.717) is 0 Å². The van der Waals surface area contributed by atoms with Gasteiger partial charge in [0.15, 0.2) is 0 Å². The quantitative estimate of drug-likeness (QED) is 0.896. The number of nitrogens with one attached hydrogen (secondary N) is 2. The molecule has 0 spiro atoms. The van der Waals surface area contributed by atoms with Crippen molar-refractivity contribution in [1.82, 2.24) is 20.4 Å². The maximum atomic E-state index is 13.0. The third kappa shape index (κ3) is 5.57. The summed E-state index contributed by atoms with van der Waals surface area (Å²) in [6.45, 7) is 7.05. The molecule has 22 heavy (non-hydrogen) atoms. The normalized spacial score (nSPS) is 13.8. The van der Waals surface area contributed by atoms with Gasteiger partial charge in [0.2, 0.25) is 0 Å². The molecule has 0 aliphatic rings. The summed E-state index contributed by atoms with van der Waals surface area (Å²) >= 11 is 0. The lowest BCUT2D eigenvalue weighted by molar-refractivity contribution is -0.159. The van der Waals surface area contributed by atoms with Crippen LogP contribution in [0.5, 0.6) is 0 Å². The minimum Gasteiger partial charge on any atom is -0.334 e. The summed E-state index contributed by atoms with van der Waals surface area (Å²) in [7, 11) is 1.75. The van der Waals surface area contributed by atoms with Gasteiger partial charge in [0.25, 0.3) is 0 Å². The van der Waals surface area contributed by atoms with Crippen LogP contribution in [0.4, 0.5) is 18.0 Å². The van der Waals surface area contributed by atoms with Gasteiger partial charge in [0.05, 0.1) is 6.20 Å². The van der Waals surface area contributed by atoms with E-state index in [1.807, 2.05) is 12.2 Å². The predicted octanol–water partition coefficient (Wildman–Crippen LogP) is 2.89. The molecule has 1 aromatic rings. The molecule has 2 N–H and O–H groups in total. The molecule has 0 bridgehead atoms. The molecule has 8 heteroatoms. The highest BCUT2D eigenvalue weighted by Gasteiger charge is 2.42. The van der Waals surface area contributed by atoms with E-state index in [9.17, 15) is 18.0 Å². The number of hydrogen-bond donors (Lipinski definition) is 2. The van der Waals surface area contributed by atoms with Crippen molar-refractivity contribution in [3.63, 3.8) is 0 Å². The highest BCUT2D eigenvalue weighted by atomic mass is 19.4. The van der Waals surface area contributed by atoms with E-state index in [1.165, 1.54) is 0 Å². The van der Waals surface area contributed by atoms with Crippen LogP contribution in [0, 0.1) is 12.3 Å². The Kier molecular flexibility index (Phi) is 5.48. The number of nitrogens with zero attached hydrogens (tertiary/aromatic N) is 2. The van der Waals surface area contributed by atoms with Gasteiger partial charge in [-0.3, -0.25) is 4.68 Å². The minimum atomic E-state index is -4.48. The molecule has 0 radical (unpaired) electrons. The Morgan fingerprint density at radius 3 is 2.36 bits per heavy atom. The summed E-state index contributed by atoms with van der Waals surface area (Å²) in [5.74, 6) is 0. The second-order valence-corrected chi connectivity index (χ2v) is 6.56. The Morgan fingerprint density at radius 1 is 1.36 bits per heavy atom. The van der Waals surface area contributed by atoms with Crippen molar-refractivity contribution < 1.29 is 18.0 Å². The molecule has 0 aliphatic carbocycles. The maximum Gasteiger partial charge on any atom is 0.408 e. The van der Waals surface area contributed by atoms with Crippen molar-refractivity contribution in [2.24, 2.45) is 12.5 Å². The van der Waals surface area contributed by atoms with Crippen molar-refractivity contribution in [1.29, 1.82) is 0 Å². The van der Waals surface area contributed by atoms with Crippen molar-refractivity contribution in [2.45, 2.75) is 52.9 Å². The van der Waals surface area contributed by atoms with E-state index in [-0.39, 0.29) is 13.0 Å². The molecule has 0 fully saturated rings. The number of aromatic nitrogens is 2. The summed E-state index contributed by atoms with van der Waals surface area (Å²) in [5, 5.41) is 8.45. The highest BCUT2D eigenvalue weighted by molar-refractivity contribution is 5.74. The maximum absolute atomic E-state index is 13.0. The van der Waals surface area contributed by atoms with Gasteiger partial charge in [0, 0.05) is 24.8 Å². The second-order valence-electron chi connectivity index (χ2n) is 6.56. The zero-order valence-electron chi connectivity index (χ0n) is 13.5. The van der Waals surface area contributed by atoms with Gasteiger partial charge in [-0.15, -0.1) is 0 Å². The third-order valence-electron chi connectivity index (χ3n) is 3.29. The van der Waals surface area contributed by atoms with E-state index in [2.05, 4.69) is 10.4 Å². The third-order valence-corrected chi connectivity index (χ3v) is 3.29. The molecule has 126 valence electrons. The summed E-state index contributed by atoms with van der Waals surface area (Å²) in [6, 6.07) is -2.71. The molecule has 0 saturated heterocycles. The van der Waals surface area contributed by atoms with Crippen molar-refractivity contribution in [3.05, 3.63) is 17.5 Å². The van der Waals surface area contributed by atoms with Crippen LogP contribution in [-0.2, 0) is 13.6 Å². The first-order chi connectivity index (χ1) is 9.90. The number of hydrogen-bond acceptors (Lipinski definition) is 2. The van der Waals surface area contributed by atoms with Crippen LogP contribution in [0.3, 0.4) is 0 Å². The van der Waals surface area contributed by atoms with Crippen LogP contribution in [0.25, 0.3) is 0 Å². The number of halogens is 3. The number of urea groups is 1. The Morgan fingerprint density at radius 2 is 1.95 bits per heavy atom. The molecule has 1 aromatic heterocycles. The van der Waals surface area contributed by atoms with Gasteiger partial charge in [-0.25, -0.2) is 4.79 Å². The number of alkyl halides is 3. The van der Waals surface area contributed by atoms with E-state index < -0.39 is 23.7 Å². The zero-order chi connectivity index (χ0) is 17.1. The van der Waals surface area contributed by atoms with Gasteiger partial charge in [-0.2, -0.15) is 18.3 Å². The zero-order valence-corrected chi connectivity index (χ0v) is 13.5. The van der Waals surface area contributed by atoms with Crippen molar-refractivity contribution >= 4 is 6.03 Å². The SMILES string of the molecule is Cc1c(CNC(=O)NC(CC(C)(C)C)C(F)(F)F)cnn1C. The molecule has 5 nitrogen and oxygen atoms in total. The van der Waals surface area contributed by atoms with Crippen LogP contribution in [-0.4, -0.2) is 28.0 Å². The Balaban J connectivity index is 2.62. The summed E-state index contributed by atoms with van der Waals surface area (Å²) in [5.41, 5.74) is 1.06. The van der Waals surface area contributed by atoms with Gasteiger partial charge in [-0.05, 0) is 18.8 Å². The molecule has 2 amide bonds. The Bertz CT molecular complexity index is 517. The van der Waals surface area contributed by atoms with Gasteiger partial charge < -0.3 is 10.6 Å². The number of carbonyl (C=O) groups excluding carboxylic acids is 1. The highest BCUT2D eigenvalue weighted by Crippen LogP contribution is 2.30. The predicted molar refractivity (Wildman–Crippen MR) is 77.2 cm³/mol. The van der Waals surface area contributed by atoms with E-state index >= 15 is 0 Å². The average Bonchev–Trinajstić information content (AvgIpc) is 2.64. The molecular weight excluding hydrogens is 297 g/mol. The van der Waals surface area contributed by atoms with Gasteiger partial charge in [0.1, 0.15) is 6.04 Å². The number of aryl methyl sites for hydroxylation is 1. The molecule has 0 aromatic carbocycles. The molecule has 1 rings (SSSR count). The van der Waals surface area contributed by atoms with Crippen molar-refractivity contribution in [2.75, 3.05) is 0 Å². The molecular formula is C14H23F3N4O. The molecule has 1 heterocycles. The number of amides is 2. The van der Waals surface area contributed by atoms with Crippen LogP contribution in [0.2, 0.25) is 0 Å². The van der Waals surface area contributed by atoms with Gasteiger partial charge >= 0.3 is 12.2 Å². The lowest BCUT2D eigenvalue weighted by Gasteiger charge is -2.28. The van der Waals surface area contributed by atoms with Crippen molar-refractivity contribution in [3.8, 4) is 0 Å². The Labute approximate surface area is 128 Å².